The van der Waals surface area contributed by atoms with Crippen LogP contribution < -0.4 is 10.1 Å². The Morgan fingerprint density at radius 2 is 1.83 bits per heavy atom. The molecule has 0 aliphatic heterocycles. The van der Waals surface area contributed by atoms with Crippen LogP contribution in [0, 0.1) is 0 Å². The number of carbonyl (C=O) groups excluding carboxylic acids is 2. The summed E-state index contributed by atoms with van der Waals surface area (Å²) in [5, 5.41) is 3.67. The Morgan fingerprint density at radius 1 is 1.10 bits per heavy atom. The van der Waals surface area contributed by atoms with Gasteiger partial charge in [0.15, 0.2) is 6.61 Å². The van der Waals surface area contributed by atoms with Gasteiger partial charge < -0.3 is 15.0 Å². The van der Waals surface area contributed by atoms with Crippen molar-refractivity contribution in [3.63, 3.8) is 0 Å². The van der Waals surface area contributed by atoms with Crippen molar-refractivity contribution in [3.05, 3.63) is 65.2 Å². The van der Waals surface area contributed by atoms with Gasteiger partial charge in [-0.25, -0.2) is 0 Å². The van der Waals surface area contributed by atoms with E-state index in [0.717, 1.165) is 31.2 Å². The fraction of sp³-hybridized carbons (Fsp3) is 0.417. The second-order valence-electron chi connectivity index (χ2n) is 7.77. The maximum Gasteiger partial charge on any atom is 0.261 e. The highest BCUT2D eigenvalue weighted by Crippen LogP contribution is 2.19. The molecule has 2 amide bonds. The van der Waals surface area contributed by atoms with Gasteiger partial charge in [0.25, 0.3) is 5.91 Å². The van der Waals surface area contributed by atoms with Crippen LogP contribution in [0.1, 0.15) is 44.6 Å². The van der Waals surface area contributed by atoms with E-state index in [1.165, 1.54) is 6.42 Å². The van der Waals surface area contributed by atoms with E-state index in [1.807, 2.05) is 30.3 Å². The van der Waals surface area contributed by atoms with Crippen molar-refractivity contribution in [2.45, 2.75) is 57.7 Å². The molecule has 30 heavy (non-hydrogen) atoms. The van der Waals surface area contributed by atoms with Crippen molar-refractivity contribution in [1.82, 2.24) is 10.2 Å². The molecule has 2 aromatic rings. The minimum absolute atomic E-state index is 0.117. The molecule has 1 aliphatic rings. The Kier molecular flexibility index (Phi) is 8.14. The number of ether oxygens (including phenoxy) is 1. The first kappa shape index (κ1) is 22.2. The Balaban J connectivity index is 1.68. The third-order valence-electron chi connectivity index (χ3n) is 5.47. The molecule has 0 bridgehead atoms. The first-order chi connectivity index (χ1) is 14.5. The molecular weight excluding hydrogens is 400 g/mol. The fourth-order valence-electron chi connectivity index (χ4n) is 3.72. The molecule has 160 valence electrons. The maximum absolute atomic E-state index is 13.0. The van der Waals surface area contributed by atoms with Crippen LogP contribution in [-0.4, -0.2) is 35.4 Å². The van der Waals surface area contributed by atoms with E-state index >= 15 is 0 Å². The number of nitrogens with one attached hydrogen (secondary N) is 1. The lowest BCUT2D eigenvalue weighted by molar-refractivity contribution is -0.142. The average Bonchev–Trinajstić information content (AvgIpc) is 2.77. The van der Waals surface area contributed by atoms with Gasteiger partial charge in [-0.15, -0.1) is 0 Å². The Morgan fingerprint density at radius 3 is 2.53 bits per heavy atom. The van der Waals surface area contributed by atoms with E-state index < -0.39 is 6.04 Å². The number of halogens is 1. The molecule has 3 rings (SSSR count). The SMILES string of the molecule is C[C@@H](C(=O)NC1CCCCC1)N(Cc1ccccc1)C(=O)COc1cccc(Cl)c1. The van der Waals surface area contributed by atoms with Gasteiger partial charge in [-0.3, -0.25) is 9.59 Å². The lowest BCUT2D eigenvalue weighted by atomic mass is 9.95. The number of carbonyl (C=O) groups is 2. The minimum atomic E-state index is -0.595. The fourth-order valence-corrected chi connectivity index (χ4v) is 3.90. The van der Waals surface area contributed by atoms with E-state index in [2.05, 4.69) is 5.32 Å². The monoisotopic (exact) mass is 428 g/mol. The van der Waals surface area contributed by atoms with Crippen LogP contribution >= 0.6 is 11.6 Å². The highest BCUT2D eigenvalue weighted by molar-refractivity contribution is 6.30. The maximum atomic E-state index is 13.0. The van der Waals surface area contributed by atoms with Gasteiger partial charge in [0.1, 0.15) is 11.8 Å². The van der Waals surface area contributed by atoms with Gasteiger partial charge in [-0.05, 0) is 43.5 Å². The van der Waals surface area contributed by atoms with Crippen molar-refractivity contribution in [2.24, 2.45) is 0 Å². The molecule has 1 saturated carbocycles. The van der Waals surface area contributed by atoms with Crippen LogP contribution in [0.2, 0.25) is 5.02 Å². The number of amides is 2. The summed E-state index contributed by atoms with van der Waals surface area (Å²) in [5.41, 5.74) is 0.964. The summed E-state index contributed by atoms with van der Waals surface area (Å²) in [4.78, 5) is 27.5. The zero-order valence-electron chi connectivity index (χ0n) is 17.4. The average molecular weight is 429 g/mol. The molecular formula is C24H29ClN2O3. The van der Waals surface area contributed by atoms with Crippen molar-refractivity contribution in [3.8, 4) is 5.75 Å². The van der Waals surface area contributed by atoms with Crippen molar-refractivity contribution >= 4 is 23.4 Å². The van der Waals surface area contributed by atoms with Crippen molar-refractivity contribution in [2.75, 3.05) is 6.61 Å². The number of rotatable bonds is 8. The molecule has 0 saturated heterocycles. The normalized spacial score (nSPS) is 15.3. The van der Waals surface area contributed by atoms with E-state index in [0.29, 0.717) is 17.3 Å². The molecule has 1 atom stereocenters. The summed E-state index contributed by atoms with van der Waals surface area (Å²) < 4.78 is 5.64. The van der Waals surface area contributed by atoms with Crippen LogP contribution in [-0.2, 0) is 16.1 Å². The molecule has 0 aromatic heterocycles. The Labute approximate surface area is 183 Å². The molecule has 0 unspecified atom stereocenters. The van der Waals surface area contributed by atoms with E-state index in [-0.39, 0.29) is 24.5 Å². The van der Waals surface area contributed by atoms with Crippen molar-refractivity contribution in [1.29, 1.82) is 0 Å². The van der Waals surface area contributed by atoms with Crippen LogP contribution in [0.25, 0.3) is 0 Å². The second kappa shape index (κ2) is 11.0. The zero-order valence-corrected chi connectivity index (χ0v) is 18.1. The molecule has 6 heteroatoms. The van der Waals surface area contributed by atoms with Crippen LogP contribution in [0.4, 0.5) is 0 Å². The lowest BCUT2D eigenvalue weighted by Gasteiger charge is -2.31. The lowest BCUT2D eigenvalue weighted by Crippen LogP contribution is -2.51. The summed E-state index contributed by atoms with van der Waals surface area (Å²) in [5.74, 6) is 0.161. The third-order valence-corrected chi connectivity index (χ3v) is 5.71. The topological polar surface area (TPSA) is 58.6 Å². The summed E-state index contributed by atoms with van der Waals surface area (Å²) in [6.07, 6.45) is 5.51. The predicted molar refractivity (Wildman–Crippen MR) is 118 cm³/mol. The first-order valence-electron chi connectivity index (χ1n) is 10.5. The largest absolute Gasteiger partial charge is 0.484 e. The summed E-state index contributed by atoms with van der Waals surface area (Å²) >= 11 is 5.99. The highest BCUT2D eigenvalue weighted by Gasteiger charge is 2.28. The molecule has 1 N–H and O–H groups in total. The molecule has 1 fully saturated rings. The van der Waals surface area contributed by atoms with Crippen LogP contribution in [0.5, 0.6) is 5.75 Å². The standard InChI is InChI=1S/C24H29ClN2O3/c1-18(24(29)26-21-12-6-3-7-13-21)27(16-19-9-4-2-5-10-19)23(28)17-30-22-14-8-11-20(25)15-22/h2,4-5,8-11,14-15,18,21H,3,6-7,12-13,16-17H2,1H3,(H,26,29)/t18-/m0/s1. The van der Waals surface area contributed by atoms with Gasteiger partial charge in [0, 0.05) is 17.6 Å². The molecule has 0 spiro atoms. The smallest absolute Gasteiger partial charge is 0.261 e. The summed E-state index contributed by atoms with van der Waals surface area (Å²) in [6, 6.07) is 16.2. The van der Waals surface area contributed by atoms with Crippen LogP contribution in [0.3, 0.4) is 0 Å². The number of hydrogen-bond donors (Lipinski definition) is 1. The minimum Gasteiger partial charge on any atom is -0.484 e. The molecule has 0 radical (unpaired) electrons. The summed E-state index contributed by atoms with van der Waals surface area (Å²) in [6.45, 7) is 1.96. The van der Waals surface area contributed by atoms with Gasteiger partial charge in [-0.1, -0.05) is 67.3 Å². The van der Waals surface area contributed by atoms with Crippen LogP contribution in [0.15, 0.2) is 54.6 Å². The van der Waals surface area contributed by atoms with Crippen molar-refractivity contribution < 1.29 is 14.3 Å². The van der Waals surface area contributed by atoms with Gasteiger partial charge in [-0.2, -0.15) is 0 Å². The van der Waals surface area contributed by atoms with Gasteiger partial charge >= 0.3 is 0 Å². The molecule has 0 heterocycles. The number of hydrogen-bond acceptors (Lipinski definition) is 3. The Hall–Kier alpha value is -2.53. The number of nitrogens with zero attached hydrogens (tertiary/aromatic N) is 1. The second-order valence-corrected chi connectivity index (χ2v) is 8.21. The summed E-state index contributed by atoms with van der Waals surface area (Å²) in [7, 11) is 0. The molecule has 1 aliphatic carbocycles. The quantitative estimate of drug-likeness (QED) is 0.669. The predicted octanol–water partition coefficient (Wildman–Crippen LogP) is 4.59. The van der Waals surface area contributed by atoms with E-state index in [9.17, 15) is 9.59 Å². The third kappa shape index (κ3) is 6.49. The van der Waals surface area contributed by atoms with Gasteiger partial charge in [0.2, 0.25) is 5.91 Å². The highest BCUT2D eigenvalue weighted by atomic mass is 35.5. The molecule has 2 aromatic carbocycles. The zero-order chi connectivity index (χ0) is 21.3. The van der Waals surface area contributed by atoms with E-state index in [1.54, 1.807) is 36.1 Å². The Bertz CT molecular complexity index is 837. The first-order valence-corrected chi connectivity index (χ1v) is 10.9. The van der Waals surface area contributed by atoms with Gasteiger partial charge in [0.05, 0.1) is 0 Å². The number of benzene rings is 2. The van der Waals surface area contributed by atoms with E-state index in [4.69, 9.17) is 16.3 Å². The molecule has 5 nitrogen and oxygen atoms in total.